The smallest absolute Gasteiger partial charge is 0.328 e. The van der Waals surface area contributed by atoms with Crippen LogP contribution < -0.4 is 0 Å². The van der Waals surface area contributed by atoms with Crippen LogP contribution in [0.2, 0.25) is 0 Å². The van der Waals surface area contributed by atoms with Crippen LogP contribution in [0.5, 0.6) is 0 Å². The molecule has 2 amide bonds. The highest BCUT2D eigenvalue weighted by Crippen LogP contribution is 2.36. The van der Waals surface area contributed by atoms with Gasteiger partial charge < -0.3 is 28.7 Å². The van der Waals surface area contributed by atoms with Crippen molar-refractivity contribution in [2.75, 3.05) is 26.9 Å². The molecule has 5 atom stereocenters. The van der Waals surface area contributed by atoms with Crippen molar-refractivity contribution < 1.29 is 33.3 Å². The van der Waals surface area contributed by atoms with Gasteiger partial charge in [-0.25, -0.2) is 4.79 Å². The van der Waals surface area contributed by atoms with Crippen molar-refractivity contribution in [1.82, 2.24) is 9.80 Å². The Labute approximate surface area is 238 Å². The average molecular weight is 559 g/mol. The second-order valence-electron chi connectivity index (χ2n) is 12.3. The summed E-state index contributed by atoms with van der Waals surface area (Å²) in [5, 5.41) is 0. The van der Waals surface area contributed by atoms with Gasteiger partial charge >= 0.3 is 5.97 Å². The summed E-state index contributed by atoms with van der Waals surface area (Å²) < 4.78 is 22.9. The molecule has 1 aromatic rings. The monoisotopic (exact) mass is 558 g/mol. The number of rotatable bonds is 11. The van der Waals surface area contributed by atoms with Gasteiger partial charge in [0.05, 0.1) is 19.8 Å². The molecule has 0 radical (unpaired) electrons. The summed E-state index contributed by atoms with van der Waals surface area (Å²) >= 11 is 0. The van der Waals surface area contributed by atoms with E-state index in [1.54, 1.807) is 9.80 Å². The van der Waals surface area contributed by atoms with Gasteiger partial charge in [-0.2, -0.15) is 0 Å². The quantitative estimate of drug-likeness (QED) is 0.298. The third-order valence-corrected chi connectivity index (χ3v) is 8.14. The van der Waals surface area contributed by atoms with Crippen LogP contribution in [-0.4, -0.2) is 85.0 Å². The molecule has 40 heavy (non-hydrogen) atoms. The normalized spacial score (nSPS) is 26.2. The molecule has 1 aromatic carbocycles. The van der Waals surface area contributed by atoms with E-state index >= 15 is 0 Å². The first-order chi connectivity index (χ1) is 19.2. The van der Waals surface area contributed by atoms with Gasteiger partial charge in [0, 0.05) is 38.6 Å². The fourth-order valence-electron chi connectivity index (χ4n) is 6.18. The summed E-state index contributed by atoms with van der Waals surface area (Å²) in [6.07, 6.45) is 5.22. The Hall–Kier alpha value is -2.49. The predicted octanol–water partition coefficient (Wildman–Crippen LogP) is 4.07. The number of nitrogens with zero attached hydrogens (tertiary/aromatic N) is 2. The number of hydrogen-bond donors (Lipinski definition) is 0. The standard InChI is InChI=1S/C31H46N2O7/c1-31(2,3)28(33-23(15-16-26(33)34)13-10-17-38-21-22-11-6-5-7-12-22)29(35)32-20-24(19-25(32)30(36)37-4)40-27-14-8-9-18-39-27/h5-7,11-12,23-25,27-28H,8-10,13-21H2,1-4H3/t23?,24-,25+,27?,28-/m1/s1. The van der Waals surface area contributed by atoms with E-state index in [1.807, 2.05) is 51.1 Å². The lowest BCUT2D eigenvalue weighted by Crippen LogP contribution is -2.59. The van der Waals surface area contributed by atoms with Crippen molar-refractivity contribution in [1.29, 1.82) is 0 Å². The third kappa shape index (κ3) is 7.62. The zero-order valence-corrected chi connectivity index (χ0v) is 24.5. The highest BCUT2D eigenvalue weighted by atomic mass is 16.7. The van der Waals surface area contributed by atoms with Crippen LogP contribution in [0.3, 0.4) is 0 Å². The van der Waals surface area contributed by atoms with E-state index in [0.29, 0.717) is 39.1 Å². The molecule has 0 bridgehead atoms. The molecule has 0 aliphatic carbocycles. The Bertz CT molecular complexity index is 989. The first kappa shape index (κ1) is 30.5. The second kappa shape index (κ2) is 13.9. The maximum Gasteiger partial charge on any atom is 0.328 e. The minimum Gasteiger partial charge on any atom is -0.467 e. The van der Waals surface area contributed by atoms with Crippen LogP contribution >= 0.6 is 0 Å². The molecular formula is C31H46N2O7. The highest BCUT2D eigenvalue weighted by molar-refractivity contribution is 5.92. The van der Waals surface area contributed by atoms with E-state index in [2.05, 4.69) is 0 Å². The van der Waals surface area contributed by atoms with Crippen LogP contribution in [0.1, 0.15) is 77.7 Å². The van der Waals surface area contributed by atoms with Crippen molar-refractivity contribution in [2.45, 2.75) is 109 Å². The van der Waals surface area contributed by atoms with Crippen LogP contribution in [0, 0.1) is 5.41 Å². The Morgan fingerprint density at radius 3 is 2.58 bits per heavy atom. The molecule has 3 aliphatic rings. The molecular weight excluding hydrogens is 512 g/mol. The SMILES string of the molecule is COC(=O)[C@@H]1C[C@@H](OC2CCCCO2)CN1C(=O)[C@@H](N1C(=O)CCC1CCCOCc1ccccc1)C(C)(C)C. The summed E-state index contributed by atoms with van der Waals surface area (Å²) in [5.41, 5.74) is 0.590. The summed E-state index contributed by atoms with van der Waals surface area (Å²) in [5.74, 6) is -0.698. The van der Waals surface area contributed by atoms with Gasteiger partial charge in [-0.1, -0.05) is 51.1 Å². The van der Waals surface area contributed by atoms with E-state index in [0.717, 1.165) is 37.7 Å². The molecule has 0 saturated carbocycles. The maximum atomic E-state index is 14.3. The Kier molecular flexibility index (Phi) is 10.6. The van der Waals surface area contributed by atoms with Crippen LogP contribution in [-0.2, 0) is 39.9 Å². The second-order valence-corrected chi connectivity index (χ2v) is 12.3. The largest absolute Gasteiger partial charge is 0.467 e. The molecule has 222 valence electrons. The molecule has 9 heteroatoms. The molecule has 9 nitrogen and oxygen atoms in total. The average Bonchev–Trinajstić information content (AvgIpc) is 3.52. The van der Waals surface area contributed by atoms with Crippen molar-refractivity contribution in [3.05, 3.63) is 35.9 Å². The molecule has 0 spiro atoms. The summed E-state index contributed by atoms with van der Waals surface area (Å²) in [4.78, 5) is 43.7. The van der Waals surface area contributed by atoms with Gasteiger partial charge in [0.2, 0.25) is 11.8 Å². The fraction of sp³-hybridized carbons (Fsp3) is 0.710. The molecule has 3 heterocycles. The minimum absolute atomic E-state index is 0.0132. The predicted molar refractivity (Wildman–Crippen MR) is 149 cm³/mol. The Morgan fingerprint density at radius 1 is 1.12 bits per heavy atom. The van der Waals surface area contributed by atoms with Crippen LogP contribution in [0.25, 0.3) is 0 Å². The van der Waals surface area contributed by atoms with Crippen LogP contribution in [0.15, 0.2) is 30.3 Å². The fourth-order valence-corrected chi connectivity index (χ4v) is 6.18. The van der Waals surface area contributed by atoms with Crippen molar-refractivity contribution in [3.63, 3.8) is 0 Å². The Morgan fingerprint density at radius 2 is 1.90 bits per heavy atom. The lowest BCUT2D eigenvalue weighted by Gasteiger charge is -2.42. The van der Waals surface area contributed by atoms with Gasteiger partial charge in [-0.05, 0) is 49.5 Å². The lowest BCUT2D eigenvalue weighted by molar-refractivity contribution is -0.185. The number of amides is 2. The number of carbonyl (C=O) groups is 3. The number of benzene rings is 1. The van der Waals surface area contributed by atoms with Crippen molar-refractivity contribution in [3.8, 4) is 0 Å². The molecule has 0 aromatic heterocycles. The summed E-state index contributed by atoms with van der Waals surface area (Å²) in [6.45, 7) is 8.00. The van der Waals surface area contributed by atoms with E-state index in [9.17, 15) is 14.4 Å². The van der Waals surface area contributed by atoms with Crippen molar-refractivity contribution >= 4 is 17.8 Å². The number of carbonyl (C=O) groups excluding carboxylic acids is 3. The van der Waals surface area contributed by atoms with E-state index in [1.165, 1.54) is 7.11 Å². The maximum absolute atomic E-state index is 14.3. The molecule has 2 unspecified atom stereocenters. The van der Waals surface area contributed by atoms with Crippen molar-refractivity contribution in [2.24, 2.45) is 5.41 Å². The Balaban J connectivity index is 1.43. The van der Waals surface area contributed by atoms with E-state index in [-0.39, 0.29) is 36.8 Å². The van der Waals surface area contributed by atoms with Gasteiger partial charge in [0.15, 0.2) is 6.29 Å². The van der Waals surface area contributed by atoms with Gasteiger partial charge in [0.1, 0.15) is 12.1 Å². The first-order valence-electron chi connectivity index (χ1n) is 14.8. The highest BCUT2D eigenvalue weighted by Gasteiger charge is 2.50. The zero-order valence-electron chi connectivity index (χ0n) is 24.5. The number of hydrogen-bond acceptors (Lipinski definition) is 7. The number of likely N-dealkylation sites (tertiary alicyclic amines) is 2. The molecule has 4 rings (SSSR count). The van der Waals surface area contributed by atoms with Crippen LogP contribution in [0.4, 0.5) is 0 Å². The number of esters is 1. The summed E-state index contributed by atoms with van der Waals surface area (Å²) in [6, 6.07) is 8.54. The summed E-state index contributed by atoms with van der Waals surface area (Å²) in [7, 11) is 1.34. The molecule has 3 fully saturated rings. The number of methoxy groups -OCH3 is 1. The molecule has 0 N–H and O–H groups in total. The molecule has 3 saturated heterocycles. The van der Waals surface area contributed by atoms with Gasteiger partial charge in [-0.15, -0.1) is 0 Å². The lowest BCUT2D eigenvalue weighted by atomic mass is 9.83. The van der Waals surface area contributed by atoms with Gasteiger partial charge in [0.25, 0.3) is 0 Å². The minimum atomic E-state index is -0.751. The number of ether oxygens (including phenoxy) is 4. The zero-order chi connectivity index (χ0) is 28.7. The van der Waals surface area contributed by atoms with Gasteiger partial charge in [-0.3, -0.25) is 9.59 Å². The topological polar surface area (TPSA) is 94.6 Å². The van der Waals surface area contributed by atoms with E-state index in [4.69, 9.17) is 18.9 Å². The first-order valence-corrected chi connectivity index (χ1v) is 14.8. The molecule has 3 aliphatic heterocycles. The third-order valence-electron chi connectivity index (χ3n) is 8.14. The van der Waals surface area contributed by atoms with E-state index < -0.39 is 23.5 Å².